The first-order valence-corrected chi connectivity index (χ1v) is 5.49. The van der Waals surface area contributed by atoms with Crippen LogP contribution >= 0.6 is 0 Å². The van der Waals surface area contributed by atoms with Crippen molar-refractivity contribution >= 4 is 0 Å². The molecule has 16 heavy (non-hydrogen) atoms. The molecule has 1 aromatic heterocycles. The Morgan fingerprint density at radius 2 is 1.88 bits per heavy atom. The van der Waals surface area contributed by atoms with E-state index < -0.39 is 0 Å². The van der Waals surface area contributed by atoms with E-state index >= 15 is 0 Å². The number of nitrogens with two attached hydrogens (primary N) is 1. The van der Waals surface area contributed by atoms with Crippen molar-refractivity contribution in [2.75, 3.05) is 6.54 Å². The molecular formula is C13H17N3. The second kappa shape index (κ2) is 4.49. The molecule has 1 unspecified atom stereocenters. The summed E-state index contributed by atoms with van der Waals surface area (Å²) in [6.45, 7) is 4.63. The zero-order chi connectivity index (χ0) is 11.5. The predicted molar refractivity (Wildman–Crippen MR) is 65.3 cm³/mol. The van der Waals surface area contributed by atoms with E-state index in [4.69, 9.17) is 5.73 Å². The quantitative estimate of drug-likeness (QED) is 0.851. The number of aromatic nitrogens is 2. The topological polar surface area (TPSA) is 43.8 Å². The summed E-state index contributed by atoms with van der Waals surface area (Å²) in [5, 5.41) is 4.42. The van der Waals surface area contributed by atoms with Crippen molar-refractivity contribution in [3.63, 3.8) is 0 Å². The summed E-state index contributed by atoms with van der Waals surface area (Å²) in [4.78, 5) is 0. The largest absolute Gasteiger partial charge is 0.328 e. The molecule has 0 bridgehead atoms. The maximum Gasteiger partial charge on any atom is 0.0890 e. The molecule has 3 nitrogen and oxygen atoms in total. The third-order valence-electron chi connectivity index (χ3n) is 2.75. The van der Waals surface area contributed by atoms with Crippen LogP contribution in [0, 0.1) is 13.8 Å². The lowest BCUT2D eigenvalue weighted by molar-refractivity contribution is 0.529. The van der Waals surface area contributed by atoms with Gasteiger partial charge >= 0.3 is 0 Å². The van der Waals surface area contributed by atoms with Gasteiger partial charge in [0.05, 0.1) is 11.7 Å². The Balaban J connectivity index is 2.32. The van der Waals surface area contributed by atoms with E-state index in [-0.39, 0.29) is 6.04 Å². The SMILES string of the molecule is Cc1ccc(C(CN)n2ccc(C)n2)cc1. The van der Waals surface area contributed by atoms with Gasteiger partial charge in [0, 0.05) is 12.7 Å². The Bertz CT molecular complexity index is 456. The highest BCUT2D eigenvalue weighted by Crippen LogP contribution is 2.17. The second-order valence-electron chi connectivity index (χ2n) is 4.10. The first-order chi connectivity index (χ1) is 7.70. The number of rotatable bonds is 3. The zero-order valence-corrected chi connectivity index (χ0v) is 9.72. The summed E-state index contributed by atoms with van der Waals surface area (Å²) in [6.07, 6.45) is 1.98. The Morgan fingerprint density at radius 1 is 1.19 bits per heavy atom. The normalized spacial score (nSPS) is 12.7. The molecule has 2 aromatic rings. The molecule has 0 fully saturated rings. The van der Waals surface area contributed by atoms with Gasteiger partial charge in [-0.3, -0.25) is 4.68 Å². The minimum Gasteiger partial charge on any atom is -0.328 e. The first kappa shape index (κ1) is 10.9. The summed E-state index contributed by atoms with van der Waals surface area (Å²) < 4.78 is 1.93. The standard InChI is InChI=1S/C13H17N3/c1-10-3-5-12(6-4-10)13(9-14)16-8-7-11(2)15-16/h3-8,13H,9,14H2,1-2H3. The number of benzene rings is 1. The Labute approximate surface area is 95.9 Å². The summed E-state index contributed by atoms with van der Waals surface area (Å²) in [7, 11) is 0. The van der Waals surface area contributed by atoms with Crippen molar-refractivity contribution in [3.05, 3.63) is 53.3 Å². The van der Waals surface area contributed by atoms with Crippen LogP contribution in [0.15, 0.2) is 36.5 Å². The smallest absolute Gasteiger partial charge is 0.0890 e. The van der Waals surface area contributed by atoms with E-state index in [0.29, 0.717) is 6.54 Å². The lowest BCUT2D eigenvalue weighted by Crippen LogP contribution is -2.20. The van der Waals surface area contributed by atoms with Gasteiger partial charge in [0.25, 0.3) is 0 Å². The monoisotopic (exact) mass is 215 g/mol. The van der Waals surface area contributed by atoms with Gasteiger partial charge in [-0.15, -0.1) is 0 Å². The van der Waals surface area contributed by atoms with Crippen LogP contribution in [-0.2, 0) is 0 Å². The van der Waals surface area contributed by atoms with Crippen LogP contribution in [-0.4, -0.2) is 16.3 Å². The molecule has 2 N–H and O–H groups in total. The van der Waals surface area contributed by atoms with Crippen LogP contribution in [0.1, 0.15) is 22.9 Å². The predicted octanol–water partition coefficient (Wildman–Crippen LogP) is 2.05. The molecular weight excluding hydrogens is 198 g/mol. The lowest BCUT2D eigenvalue weighted by Gasteiger charge is -2.16. The molecule has 0 radical (unpaired) electrons. The molecule has 0 spiro atoms. The summed E-state index contributed by atoms with van der Waals surface area (Å²) in [5.74, 6) is 0. The third-order valence-corrected chi connectivity index (χ3v) is 2.75. The molecule has 0 aliphatic rings. The highest BCUT2D eigenvalue weighted by Gasteiger charge is 2.11. The molecule has 0 aliphatic carbocycles. The minimum absolute atomic E-state index is 0.134. The van der Waals surface area contributed by atoms with Crippen LogP contribution in [0.25, 0.3) is 0 Å². The van der Waals surface area contributed by atoms with Gasteiger partial charge in [0.15, 0.2) is 0 Å². The summed E-state index contributed by atoms with van der Waals surface area (Å²) in [6, 6.07) is 10.6. The van der Waals surface area contributed by atoms with Crippen LogP contribution in [0.3, 0.4) is 0 Å². The van der Waals surface area contributed by atoms with Gasteiger partial charge in [-0.25, -0.2) is 0 Å². The Kier molecular flexibility index (Phi) is 3.06. The Hall–Kier alpha value is -1.61. The van der Waals surface area contributed by atoms with E-state index in [9.17, 15) is 0 Å². The van der Waals surface area contributed by atoms with Gasteiger partial charge in [0.1, 0.15) is 0 Å². The minimum atomic E-state index is 0.134. The molecule has 0 amide bonds. The van der Waals surface area contributed by atoms with E-state index in [0.717, 1.165) is 5.69 Å². The maximum absolute atomic E-state index is 5.82. The maximum atomic E-state index is 5.82. The highest BCUT2D eigenvalue weighted by atomic mass is 15.3. The molecule has 1 heterocycles. The van der Waals surface area contributed by atoms with E-state index in [1.807, 2.05) is 23.9 Å². The van der Waals surface area contributed by atoms with Crippen molar-refractivity contribution < 1.29 is 0 Å². The van der Waals surface area contributed by atoms with Crippen LogP contribution < -0.4 is 5.73 Å². The summed E-state index contributed by atoms with van der Waals surface area (Å²) in [5.41, 5.74) is 9.31. The van der Waals surface area contributed by atoms with Crippen LogP contribution in [0.2, 0.25) is 0 Å². The number of hydrogen-bond acceptors (Lipinski definition) is 2. The van der Waals surface area contributed by atoms with Crippen molar-refractivity contribution in [2.45, 2.75) is 19.9 Å². The van der Waals surface area contributed by atoms with Crippen molar-refractivity contribution in [1.82, 2.24) is 9.78 Å². The van der Waals surface area contributed by atoms with Crippen molar-refractivity contribution in [2.24, 2.45) is 5.73 Å². The van der Waals surface area contributed by atoms with Gasteiger partial charge in [0.2, 0.25) is 0 Å². The fourth-order valence-corrected chi connectivity index (χ4v) is 1.79. The average Bonchev–Trinajstić information content (AvgIpc) is 2.69. The lowest BCUT2D eigenvalue weighted by atomic mass is 10.1. The fraction of sp³-hybridized carbons (Fsp3) is 0.308. The molecule has 0 aliphatic heterocycles. The average molecular weight is 215 g/mol. The molecule has 0 saturated heterocycles. The first-order valence-electron chi connectivity index (χ1n) is 5.49. The van der Waals surface area contributed by atoms with E-state index in [2.05, 4.69) is 36.3 Å². The van der Waals surface area contributed by atoms with Crippen LogP contribution in [0.5, 0.6) is 0 Å². The second-order valence-corrected chi connectivity index (χ2v) is 4.10. The van der Waals surface area contributed by atoms with Gasteiger partial charge in [-0.05, 0) is 25.5 Å². The third kappa shape index (κ3) is 2.14. The molecule has 1 atom stereocenters. The van der Waals surface area contributed by atoms with Crippen LogP contribution in [0.4, 0.5) is 0 Å². The zero-order valence-electron chi connectivity index (χ0n) is 9.72. The van der Waals surface area contributed by atoms with Gasteiger partial charge < -0.3 is 5.73 Å². The van der Waals surface area contributed by atoms with E-state index in [1.165, 1.54) is 11.1 Å². The molecule has 84 valence electrons. The molecule has 0 saturated carbocycles. The van der Waals surface area contributed by atoms with Crippen molar-refractivity contribution in [3.8, 4) is 0 Å². The molecule has 1 aromatic carbocycles. The van der Waals surface area contributed by atoms with E-state index in [1.54, 1.807) is 0 Å². The van der Waals surface area contributed by atoms with Gasteiger partial charge in [-0.1, -0.05) is 29.8 Å². The van der Waals surface area contributed by atoms with Crippen molar-refractivity contribution in [1.29, 1.82) is 0 Å². The molecule has 2 rings (SSSR count). The number of hydrogen-bond donors (Lipinski definition) is 1. The molecule has 3 heteroatoms. The number of nitrogens with zero attached hydrogens (tertiary/aromatic N) is 2. The number of aryl methyl sites for hydroxylation is 2. The highest BCUT2D eigenvalue weighted by molar-refractivity contribution is 5.25. The summed E-state index contributed by atoms with van der Waals surface area (Å²) >= 11 is 0. The Morgan fingerprint density at radius 3 is 2.38 bits per heavy atom. The fourth-order valence-electron chi connectivity index (χ4n) is 1.79. The van der Waals surface area contributed by atoms with Gasteiger partial charge in [-0.2, -0.15) is 5.10 Å².